The van der Waals surface area contributed by atoms with Crippen LogP contribution in [0.1, 0.15) is 25.3 Å². The number of likely N-dealkylation sites (N-methyl/N-ethyl adjacent to an activating group) is 2. The highest BCUT2D eigenvalue weighted by atomic mass is 17.2. The third-order valence-electron chi connectivity index (χ3n) is 11.4. The summed E-state index contributed by atoms with van der Waals surface area (Å²) in [5.74, 6) is -3.01. The molecule has 0 radical (unpaired) electrons. The van der Waals surface area contributed by atoms with Gasteiger partial charge in [0.2, 0.25) is 17.2 Å². The lowest BCUT2D eigenvalue weighted by atomic mass is 9.95. The molecule has 3 fully saturated rings. The summed E-state index contributed by atoms with van der Waals surface area (Å²) in [4.78, 5) is 90.0. The minimum absolute atomic E-state index is 0.0301. The molecule has 340 valence electrons. The SMILES string of the molecule is CCN1CCN(CC(=O)NCCC(=O)N2Cc3ccccc3-c3nnn(C[C@H]4OC(O)C[C@@H](O)[C@@H]4O)c3-c3ccccc32)CCN2CCN(C)CC(=O)O[N@](OC(=O)C1)OC(=O)C2. The first-order valence-electron chi connectivity index (χ1n) is 21.0. The quantitative estimate of drug-likeness (QED) is 0.198. The molecule has 7 rings (SSSR count). The Bertz CT molecular complexity index is 2120. The van der Waals surface area contributed by atoms with Crippen molar-refractivity contribution in [2.24, 2.45) is 0 Å². The zero-order chi connectivity index (χ0) is 44.6. The number of carbonyl (C=O) groups excluding carboxylic acids is 5. The Kier molecular flexibility index (Phi) is 15.1. The fraction of sp³-hybridized carbons (Fsp3) is 0.537. The van der Waals surface area contributed by atoms with Gasteiger partial charge in [0.15, 0.2) is 6.29 Å². The van der Waals surface area contributed by atoms with Gasteiger partial charge in [-0.05, 0) is 25.2 Å². The number of hydrogen-bond donors (Lipinski definition) is 4. The number of amides is 2. The Labute approximate surface area is 363 Å². The molecule has 6 atom stereocenters. The van der Waals surface area contributed by atoms with E-state index in [1.54, 1.807) is 26.4 Å². The number of aliphatic hydroxyl groups is 3. The number of hydrogen-bond acceptors (Lipinski definition) is 19. The molecule has 2 amide bonds. The predicted octanol–water partition coefficient (Wildman–Crippen LogP) is -1.64. The molecule has 22 heteroatoms. The van der Waals surface area contributed by atoms with Crippen molar-refractivity contribution in [2.75, 3.05) is 90.5 Å². The lowest BCUT2D eigenvalue weighted by Crippen LogP contribution is -2.50. The molecule has 22 nitrogen and oxygen atoms in total. The molecule has 4 aliphatic rings. The minimum Gasteiger partial charge on any atom is -0.390 e. The number of anilines is 1. The van der Waals surface area contributed by atoms with E-state index in [4.69, 9.17) is 19.2 Å². The lowest BCUT2D eigenvalue weighted by molar-refractivity contribution is -0.464. The summed E-state index contributed by atoms with van der Waals surface area (Å²) in [6.07, 6.45) is -4.92. The van der Waals surface area contributed by atoms with Gasteiger partial charge in [-0.25, -0.2) is 19.1 Å². The molecule has 3 saturated heterocycles. The van der Waals surface area contributed by atoms with E-state index in [0.29, 0.717) is 68.5 Å². The molecular formula is C41H54N10O12. The number of carbonyl (C=O) groups is 5. The van der Waals surface area contributed by atoms with Crippen LogP contribution in [0.2, 0.25) is 0 Å². The van der Waals surface area contributed by atoms with Gasteiger partial charge in [-0.2, -0.15) is 0 Å². The van der Waals surface area contributed by atoms with Crippen molar-refractivity contribution in [3.8, 4) is 22.5 Å². The van der Waals surface area contributed by atoms with Crippen LogP contribution in [0.15, 0.2) is 48.5 Å². The monoisotopic (exact) mass is 878 g/mol. The van der Waals surface area contributed by atoms with Gasteiger partial charge in [0.1, 0.15) is 17.9 Å². The molecule has 1 aromatic heterocycles. The Morgan fingerprint density at radius 2 is 1.48 bits per heavy atom. The number of ether oxygens (including phenoxy) is 1. The smallest absolute Gasteiger partial charge is 0.346 e. The Morgan fingerprint density at radius 1 is 0.810 bits per heavy atom. The van der Waals surface area contributed by atoms with Crippen LogP contribution in [-0.4, -0.2) is 195 Å². The summed E-state index contributed by atoms with van der Waals surface area (Å²) in [6, 6.07) is 14.8. The topological polar surface area (TPSA) is 245 Å². The fourth-order valence-electron chi connectivity index (χ4n) is 7.94. The van der Waals surface area contributed by atoms with Crippen LogP contribution in [0.4, 0.5) is 5.69 Å². The molecule has 2 bridgehead atoms. The normalized spacial score (nSPS) is 25.8. The number of benzene rings is 2. The lowest BCUT2D eigenvalue weighted by Gasteiger charge is -2.35. The zero-order valence-electron chi connectivity index (χ0n) is 35.3. The number of nitrogens with zero attached hydrogens (tertiary/aromatic N) is 9. The maximum absolute atomic E-state index is 14.3. The maximum Gasteiger partial charge on any atom is 0.346 e. The van der Waals surface area contributed by atoms with E-state index in [2.05, 4.69) is 15.6 Å². The number of aromatic nitrogens is 3. The highest BCUT2D eigenvalue weighted by molar-refractivity contribution is 6.00. The van der Waals surface area contributed by atoms with E-state index < -0.39 is 42.5 Å². The van der Waals surface area contributed by atoms with Crippen molar-refractivity contribution >= 4 is 35.4 Å². The van der Waals surface area contributed by atoms with Gasteiger partial charge in [-0.15, -0.1) is 5.10 Å². The Morgan fingerprint density at radius 3 is 2.25 bits per heavy atom. The van der Waals surface area contributed by atoms with E-state index in [0.717, 1.165) is 11.1 Å². The molecular weight excluding hydrogens is 825 g/mol. The second-order valence-electron chi connectivity index (χ2n) is 15.9. The van der Waals surface area contributed by atoms with Crippen molar-refractivity contribution in [1.82, 2.24) is 45.3 Å². The van der Waals surface area contributed by atoms with Crippen molar-refractivity contribution in [1.29, 1.82) is 0 Å². The molecule has 3 aromatic rings. The Hall–Kier alpha value is -5.43. The first-order valence-corrected chi connectivity index (χ1v) is 21.0. The summed E-state index contributed by atoms with van der Waals surface area (Å²) < 4.78 is 7.16. The standard InChI is InChI=1S/C41H54N10O12/c1-3-46-16-17-47(18-19-48-15-14-45(2)24-36(56)61-51(62-37(57)25-46)63-38(58)26-48)23-33(53)42-13-12-34(54)49-21-27-8-4-5-9-28(27)39-40(29-10-6-7-11-30(29)49)50(44-43-39)22-32-41(59)31(52)20-35(55)60-32/h4-11,31-32,35,41,52,55,59H,3,12-26H2,1-2H3,(H,42,53)/t31-,32-,35?,41+/m1/s1. The first-order chi connectivity index (χ1) is 30.3. The van der Waals surface area contributed by atoms with Gasteiger partial charge in [0.25, 0.3) is 0 Å². The average molecular weight is 879 g/mol. The largest absolute Gasteiger partial charge is 0.390 e. The van der Waals surface area contributed by atoms with Gasteiger partial charge in [-0.1, -0.05) is 54.6 Å². The second-order valence-corrected chi connectivity index (χ2v) is 15.9. The Balaban J connectivity index is 1.05. The van der Waals surface area contributed by atoms with E-state index in [-0.39, 0.29) is 75.9 Å². The number of fused-ring (bicyclic) bond motifs is 9. The van der Waals surface area contributed by atoms with Gasteiger partial charge < -0.3 is 30.3 Å². The van der Waals surface area contributed by atoms with Gasteiger partial charge in [0.05, 0.1) is 56.8 Å². The van der Waals surface area contributed by atoms with Crippen LogP contribution >= 0.6 is 0 Å². The zero-order valence-corrected chi connectivity index (χ0v) is 35.3. The molecule has 0 saturated carbocycles. The number of aliphatic hydroxyl groups excluding tert-OH is 3. The van der Waals surface area contributed by atoms with Gasteiger partial charge in [-0.3, -0.25) is 43.7 Å². The van der Waals surface area contributed by atoms with Crippen LogP contribution < -0.4 is 10.2 Å². The second kappa shape index (κ2) is 20.8. The minimum atomic E-state index is -1.28. The summed E-state index contributed by atoms with van der Waals surface area (Å²) in [6.45, 7) is 4.16. The molecule has 4 N–H and O–H groups in total. The highest BCUT2D eigenvalue weighted by Gasteiger charge is 2.38. The molecule has 5 heterocycles. The van der Waals surface area contributed by atoms with Crippen LogP contribution in [0.3, 0.4) is 0 Å². The third kappa shape index (κ3) is 11.6. The molecule has 2 unspecified atom stereocenters. The molecule has 2 aromatic carbocycles. The number of para-hydroxylation sites is 1. The van der Waals surface area contributed by atoms with E-state index in [1.165, 1.54) is 0 Å². The first kappa shape index (κ1) is 45.6. The third-order valence-corrected chi connectivity index (χ3v) is 11.4. The average Bonchev–Trinajstić information content (AvgIpc) is 3.64. The van der Waals surface area contributed by atoms with Crippen LogP contribution in [-0.2, 0) is 56.3 Å². The summed E-state index contributed by atoms with van der Waals surface area (Å²) in [7, 11) is 1.71. The maximum atomic E-state index is 14.3. The van der Waals surface area contributed by atoms with Crippen LogP contribution in [0, 0.1) is 0 Å². The van der Waals surface area contributed by atoms with Gasteiger partial charge in [0, 0.05) is 69.8 Å². The summed E-state index contributed by atoms with van der Waals surface area (Å²) >= 11 is 0. The molecule has 0 aliphatic carbocycles. The van der Waals surface area contributed by atoms with Crippen molar-refractivity contribution in [2.45, 2.75) is 57.5 Å². The number of nitrogens with one attached hydrogen (secondary N) is 1. The predicted molar refractivity (Wildman–Crippen MR) is 220 cm³/mol. The summed E-state index contributed by atoms with van der Waals surface area (Å²) in [5, 5.41) is 43.3. The number of rotatable bonds is 8. The molecule has 0 spiro atoms. The van der Waals surface area contributed by atoms with E-state index in [9.17, 15) is 39.3 Å². The summed E-state index contributed by atoms with van der Waals surface area (Å²) in [5.41, 5.74) is 3.85. The highest BCUT2D eigenvalue weighted by Crippen LogP contribution is 2.41. The van der Waals surface area contributed by atoms with Gasteiger partial charge >= 0.3 is 17.9 Å². The fourth-order valence-corrected chi connectivity index (χ4v) is 7.94. The molecule has 63 heavy (non-hydrogen) atoms. The van der Waals surface area contributed by atoms with E-state index >= 15 is 0 Å². The van der Waals surface area contributed by atoms with Crippen LogP contribution in [0.5, 0.6) is 0 Å². The molecule has 4 aliphatic heterocycles. The van der Waals surface area contributed by atoms with Crippen LogP contribution in [0.25, 0.3) is 22.5 Å². The van der Waals surface area contributed by atoms with Crippen molar-refractivity contribution in [3.05, 3.63) is 54.1 Å². The van der Waals surface area contributed by atoms with Crippen molar-refractivity contribution in [3.63, 3.8) is 0 Å². The van der Waals surface area contributed by atoms with E-state index in [1.807, 2.05) is 65.3 Å². The van der Waals surface area contributed by atoms with Crippen molar-refractivity contribution < 1.29 is 58.5 Å².